The van der Waals surface area contributed by atoms with E-state index < -0.39 is 12.1 Å². The van der Waals surface area contributed by atoms with Gasteiger partial charge in [-0.2, -0.15) is 13.2 Å². The van der Waals surface area contributed by atoms with E-state index in [1.807, 2.05) is 6.92 Å². The van der Waals surface area contributed by atoms with E-state index in [-0.39, 0.29) is 11.8 Å². The van der Waals surface area contributed by atoms with Crippen LogP contribution in [0, 0.1) is 6.92 Å². The van der Waals surface area contributed by atoms with E-state index in [9.17, 15) is 18.0 Å². The van der Waals surface area contributed by atoms with Gasteiger partial charge in [-0.15, -0.1) is 11.3 Å². The Morgan fingerprint density at radius 1 is 1.26 bits per heavy atom. The van der Waals surface area contributed by atoms with Crippen LogP contribution in [0.5, 0.6) is 5.75 Å². The number of thiazole rings is 1. The molecule has 1 aromatic carbocycles. The minimum atomic E-state index is -5.00. The number of alkyl halides is 3. The van der Waals surface area contributed by atoms with Crippen LogP contribution in [0.25, 0.3) is 11.5 Å². The molecule has 6 nitrogen and oxygen atoms in total. The smallest absolute Gasteiger partial charge is 0.471 e. The number of anilines is 1. The molecular weight excluding hydrogens is 383 g/mol. The normalized spacial score (nSPS) is 11.4. The number of ether oxygens (including phenoxy) is 1. The van der Waals surface area contributed by atoms with Gasteiger partial charge in [0.15, 0.2) is 0 Å². The van der Waals surface area contributed by atoms with Crippen molar-refractivity contribution in [2.75, 3.05) is 11.9 Å². The third kappa shape index (κ3) is 4.85. The number of hydrogen-bond acceptors (Lipinski definition) is 6. The zero-order chi connectivity index (χ0) is 19.4. The molecule has 0 aliphatic heterocycles. The summed E-state index contributed by atoms with van der Waals surface area (Å²) in [6.07, 6.45) is -3.23. The van der Waals surface area contributed by atoms with Crippen LogP contribution in [0.3, 0.4) is 0 Å². The molecule has 3 rings (SSSR count). The maximum atomic E-state index is 12.2. The zero-order valence-electron chi connectivity index (χ0n) is 14.0. The number of carbonyl (C=O) groups excluding carboxylic acids is 1. The Kier molecular flexibility index (Phi) is 5.45. The molecule has 0 fully saturated rings. The lowest BCUT2D eigenvalue weighted by Crippen LogP contribution is -2.29. The summed E-state index contributed by atoms with van der Waals surface area (Å²) in [5.41, 5.74) is 3.32. The summed E-state index contributed by atoms with van der Waals surface area (Å²) in [4.78, 5) is 20.1. The van der Waals surface area contributed by atoms with Crippen molar-refractivity contribution in [1.29, 1.82) is 0 Å². The standard InChI is InChI=1S/C17H14F3N3O3S/c1-10-13(27-9-22-10)6-7-25-12-4-2-11(3-5-12)15-21-8-14(26-15)23-16(24)17(18,19)20/h2-5,8-9H,6-7H2,1H3,(H,23,24). The second-order valence-corrected chi connectivity index (χ2v) is 6.40. The van der Waals surface area contributed by atoms with E-state index in [0.717, 1.165) is 18.3 Å². The first kappa shape index (κ1) is 18.9. The van der Waals surface area contributed by atoms with E-state index in [0.29, 0.717) is 17.9 Å². The van der Waals surface area contributed by atoms with E-state index >= 15 is 0 Å². The van der Waals surface area contributed by atoms with Crippen molar-refractivity contribution in [1.82, 2.24) is 9.97 Å². The number of oxazole rings is 1. The third-order valence-electron chi connectivity index (χ3n) is 3.54. The number of aromatic nitrogens is 2. The minimum absolute atomic E-state index is 0.0827. The molecule has 1 amide bonds. The number of carbonyl (C=O) groups is 1. The average Bonchev–Trinajstić information content (AvgIpc) is 3.24. The van der Waals surface area contributed by atoms with Gasteiger partial charge in [-0.1, -0.05) is 0 Å². The highest BCUT2D eigenvalue weighted by Crippen LogP contribution is 2.25. The summed E-state index contributed by atoms with van der Waals surface area (Å²) in [6, 6.07) is 6.73. The second kappa shape index (κ2) is 7.78. The number of benzene rings is 1. The molecule has 3 aromatic rings. The van der Waals surface area contributed by atoms with E-state index in [1.165, 1.54) is 4.88 Å². The lowest BCUT2D eigenvalue weighted by molar-refractivity contribution is -0.167. The van der Waals surface area contributed by atoms with Gasteiger partial charge in [0.25, 0.3) is 0 Å². The van der Waals surface area contributed by atoms with Crippen molar-refractivity contribution >= 4 is 23.1 Å². The van der Waals surface area contributed by atoms with Gasteiger partial charge in [-0.3, -0.25) is 10.1 Å². The van der Waals surface area contributed by atoms with Gasteiger partial charge in [0.1, 0.15) is 5.75 Å². The number of nitrogens with one attached hydrogen (secondary N) is 1. The maximum Gasteiger partial charge on any atom is 0.471 e. The lowest BCUT2D eigenvalue weighted by atomic mass is 10.2. The first-order valence-corrected chi connectivity index (χ1v) is 8.67. The number of hydrogen-bond donors (Lipinski definition) is 1. The van der Waals surface area contributed by atoms with Crippen molar-refractivity contribution in [3.8, 4) is 17.2 Å². The van der Waals surface area contributed by atoms with Crippen molar-refractivity contribution in [2.24, 2.45) is 0 Å². The molecule has 0 spiro atoms. The maximum absolute atomic E-state index is 12.2. The van der Waals surface area contributed by atoms with Gasteiger partial charge < -0.3 is 9.15 Å². The Hall–Kier alpha value is -2.88. The summed E-state index contributed by atoms with van der Waals surface area (Å²) in [7, 11) is 0. The summed E-state index contributed by atoms with van der Waals surface area (Å²) < 4.78 is 47.5. The summed E-state index contributed by atoms with van der Waals surface area (Å²) in [5, 5.41) is 1.61. The van der Waals surface area contributed by atoms with Gasteiger partial charge >= 0.3 is 12.1 Å². The molecule has 0 atom stereocenters. The predicted molar refractivity (Wildman–Crippen MR) is 92.7 cm³/mol. The molecule has 10 heteroatoms. The lowest BCUT2D eigenvalue weighted by Gasteiger charge is -2.06. The molecule has 2 heterocycles. The molecule has 142 valence electrons. The molecule has 0 unspecified atom stereocenters. The van der Waals surface area contributed by atoms with Crippen molar-refractivity contribution in [2.45, 2.75) is 19.5 Å². The van der Waals surface area contributed by atoms with Crippen molar-refractivity contribution < 1.29 is 27.1 Å². The third-order valence-corrected chi connectivity index (χ3v) is 4.54. The Bertz CT molecular complexity index is 919. The van der Waals surface area contributed by atoms with Crippen LogP contribution < -0.4 is 10.1 Å². The van der Waals surface area contributed by atoms with Crippen LogP contribution in [-0.4, -0.2) is 28.7 Å². The van der Waals surface area contributed by atoms with Gasteiger partial charge in [0, 0.05) is 16.9 Å². The van der Waals surface area contributed by atoms with Crippen molar-refractivity contribution in [3.05, 3.63) is 46.5 Å². The van der Waals surface area contributed by atoms with E-state index in [4.69, 9.17) is 9.15 Å². The Morgan fingerprint density at radius 2 is 2.00 bits per heavy atom. The topological polar surface area (TPSA) is 77.3 Å². The van der Waals surface area contributed by atoms with Gasteiger partial charge in [-0.25, -0.2) is 9.97 Å². The Balaban J connectivity index is 1.57. The van der Waals surface area contributed by atoms with Gasteiger partial charge in [0.05, 0.1) is 24.0 Å². The fraction of sp³-hybridized carbons (Fsp3) is 0.235. The fourth-order valence-electron chi connectivity index (χ4n) is 2.17. The molecule has 27 heavy (non-hydrogen) atoms. The SMILES string of the molecule is Cc1ncsc1CCOc1ccc(-c2ncc(NC(=O)C(F)(F)F)o2)cc1. The van der Waals surface area contributed by atoms with Crippen LogP contribution in [0.15, 0.2) is 40.4 Å². The highest BCUT2D eigenvalue weighted by atomic mass is 32.1. The molecule has 2 aromatic heterocycles. The van der Waals surface area contributed by atoms with Crippen LogP contribution in [0.1, 0.15) is 10.6 Å². The summed E-state index contributed by atoms with van der Waals surface area (Å²) in [6.45, 7) is 2.44. The number of halogens is 3. The largest absolute Gasteiger partial charge is 0.493 e. The van der Waals surface area contributed by atoms with E-state index in [1.54, 1.807) is 46.4 Å². The molecule has 1 N–H and O–H groups in total. The molecule has 0 saturated carbocycles. The predicted octanol–water partition coefficient (Wildman–Crippen LogP) is 4.23. The molecule has 0 saturated heterocycles. The summed E-state index contributed by atoms with van der Waals surface area (Å²) in [5.74, 6) is -1.78. The highest BCUT2D eigenvalue weighted by molar-refractivity contribution is 7.09. The number of rotatable bonds is 6. The van der Waals surface area contributed by atoms with Gasteiger partial charge in [0.2, 0.25) is 11.8 Å². The van der Waals surface area contributed by atoms with E-state index in [2.05, 4.69) is 9.97 Å². The molecule has 0 aliphatic rings. The van der Waals surface area contributed by atoms with Crippen LogP contribution in [0.4, 0.5) is 19.1 Å². The first-order chi connectivity index (χ1) is 12.8. The Labute approximate surface area is 156 Å². The summed E-state index contributed by atoms with van der Waals surface area (Å²) >= 11 is 1.58. The van der Waals surface area contributed by atoms with Crippen LogP contribution in [0.2, 0.25) is 0 Å². The van der Waals surface area contributed by atoms with Crippen LogP contribution >= 0.6 is 11.3 Å². The molecule has 0 bridgehead atoms. The monoisotopic (exact) mass is 397 g/mol. The number of amides is 1. The van der Waals surface area contributed by atoms with Gasteiger partial charge in [-0.05, 0) is 31.2 Å². The number of aryl methyl sites for hydroxylation is 1. The minimum Gasteiger partial charge on any atom is -0.493 e. The van der Waals surface area contributed by atoms with Crippen molar-refractivity contribution in [3.63, 3.8) is 0 Å². The first-order valence-electron chi connectivity index (χ1n) is 7.79. The molecular formula is C17H14F3N3O3S. The zero-order valence-corrected chi connectivity index (χ0v) is 14.9. The van der Waals surface area contributed by atoms with Crippen LogP contribution in [-0.2, 0) is 11.2 Å². The quantitative estimate of drug-likeness (QED) is 0.674. The number of nitrogens with zero attached hydrogens (tertiary/aromatic N) is 2. The highest BCUT2D eigenvalue weighted by Gasteiger charge is 2.39. The average molecular weight is 397 g/mol. The molecule has 0 aliphatic carbocycles. The second-order valence-electron chi connectivity index (χ2n) is 5.47. The fourth-order valence-corrected chi connectivity index (χ4v) is 2.93. The molecule has 0 radical (unpaired) electrons. The Morgan fingerprint density at radius 3 is 2.63 bits per heavy atom.